The van der Waals surface area contributed by atoms with E-state index in [-0.39, 0.29) is 17.1 Å². The molecule has 0 aliphatic heterocycles. The largest absolute Gasteiger partial charge is 0.480 e. The minimum atomic E-state index is -1.11. The predicted molar refractivity (Wildman–Crippen MR) is 70.2 cm³/mol. The molecule has 0 heterocycles. The van der Waals surface area contributed by atoms with Crippen LogP contribution in [0.3, 0.4) is 0 Å². The quantitative estimate of drug-likeness (QED) is 0.847. The highest BCUT2D eigenvalue weighted by molar-refractivity contribution is 6.35. The Labute approximate surface area is 114 Å². The summed E-state index contributed by atoms with van der Waals surface area (Å²) >= 11 is 11.7. The second kappa shape index (κ2) is 6.42. The maximum atomic E-state index is 12.1. The van der Waals surface area contributed by atoms with Crippen molar-refractivity contribution in [2.45, 2.75) is 0 Å². The first-order chi connectivity index (χ1) is 8.45. The lowest BCUT2D eigenvalue weighted by Crippen LogP contribution is -2.35. The van der Waals surface area contributed by atoms with Gasteiger partial charge in [0.1, 0.15) is 6.54 Å². The van der Waals surface area contributed by atoms with E-state index in [2.05, 4.69) is 6.58 Å². The minimum Gasteiger partial charge on any atom is -0.480 e. The minimum absolute atomic E-state index is 0.119. The first-order valence-electron chi connectivity index (χ1n) is 5.02. The van der Waals surface area contributed by atoms with Crippen LogP contribution < -0.4 is 0 Å². The second-order valence-electron chi connectivity index (χ2n) is 3.49. The van der Waals surface area contributed by atoms with E-state index in [0.717, 1.165) is 4.90 Å². The highest BCUT2D eigenvalue weighted by Crippen LogP contribution is 2.22. The summed E-state index contributed by atoms with van der Waals surface area (Å²) in [5.41, 5.74) is 0.173. The highest BCUT2D eigenvalue weighted by Gasteiger charge is 2.19. The predicted octanol–water partition coefficient (Wildman–Crippen LogP) is 2.71. The number of rotatable bonds is 5. The molecule has 0 unspecified atom stereocenters. The fourth-order valence-electron chi connectivity index (χ4n) is 1.37. The van der Waals surface area contributed by atoms with Gasteiger partial charge >= 0.3 is 5.97 Å². The van der Waals surface area contributed by atoms with Gasteiger partial charge in [-0.1, -0.05) is 29.3 Å². The van der Waals surface area contributed by atoms with Gasteiger partial charge in [0.05, 0.1) is 10.6 Å². The van der Waals surface area contributed by atoms with Gasteiger partial charge in [0.2, 0.25) is 0 Å². The van der Waals surface area contributed by atoms with Crippen LogP contribution in [-0.2, 0) is 4.79 Å². The number of hydrogen-bond acceptors (Lipinski definition) is 2. The van der Waals surface area contributed by atoms with Gasteiger partial charge in [0, 0.05) is 11.6 Å². The molecule has 0 bridgehead atoms. The number of amides is 1. The van der Waals surface area contributed by atoms with Crippen molar-refractivity contribution in [1.82, 2.24) is 4.90 Å². The van der Waals surface area contributed by atoms with Gasteiger partial charge in [-0.25, -0.2) is 0 Å². The number of halogens is 2. The van der Waals surface area contributed by atoms with Crippen LogP contribution in [-0.4, -0.2) is 35.0 Å². The number of benzene rings is 1. The summed E-state index contributed by atoms with van der Waals surface area (Å²) in [6.07, 6.45) is 1.44. The molecule has 4 nitrogen and oxygen atoms in total. The SMILES string of the molecule is C=CCN(CC(=O)O)C(=O)c1cc(Cl)ccc1Cl. The number of carboxylic acids is 1. The average Bonchev–Trinajstić information content (AvgIpc) is 2.30. The Hall–Kier alpha value is -1.52. The Morgan fingerprint density at radius 1 is 1.39 bits per heavy atom. The molecule has 0 atom stereocenters. The third-order valence-corrected chi connectivity index (χ3v) is 2.69. The maximum Gasteiger partial charge on any atom is 0.323 e. The topological polar surface area (TPSA) is 57.6 Å². The molecule has 0 aliphatic rings. The van der Waals surface area contributed by atoms with Crippen LogP contribution in [0.4, 0.5) is 0 Å². The second-order valence-corrected chi connectivity index (χ2v) is 4.34. The average molecular weight is 288 g/mol. The Morgan fingerprint density at radius 3 is 2.61 bits per heavy atom. The molecule has 18 heavy (non-hydrogen) atoms. The molecule has 0 radical (unpaired) electrons. The summed E-state index contributed by atoms with van der Waals surface area (Å²) in [5, 5.41) is 9.33. The molecule has 1 amide bonds. The molecule has 6 heteroatoms. The smallest absolute Gasteiger partial charge is 0.323 e. The molecular weight excluding hydrogens is 277 g/mol. The number of carbonyl (C=O) groups excluding carboxylic acids is 1. The Kier molecular flexibility index (Phi) is 5.19. The Bertz CT molecular complexity index is 488. The summed E-state index contributed by atoms with van der Waals surface area (Å²) in [6, 6.07) is 4.45. The van der Waals surface area contributed by atoms with Crippen molar-refractivity contribution in [2.24, 2.45) is 0 Å². The number of carbonyl (C=O) groups is 2. The highest BCUT2D eigenvalue weighted by atomic mass is 35.5. The lowest BCUT2D eigenvalue weighted by molar-refractivity contribution is -0.137. The fourth-order valence-corrected chi connectivity index (χ4v) is 1.74. The zero-order valence-electron chi connectivity index (χ0n) is 9.40. The molecule has 0 fully saturated rings. The van der Waals surface area contributed by atoms with Crippen LogP contribution in [0.1, 0.15) is 10.4 Å². The Balaban J connectivity index is 3.04. The van der Waals surface area contributed by atoms with Crippen molar-refractivity contribution in [3.05, 3.63) is 46.5 Å². The number of nitrogens with zero attached hydrogens (tertiary/aromatic N) is 1. The molecule has 1 N–H and O–H groups in total. The van der Waals surface area contributed by atoms with E-state index >= 15 is 0 Å². The number of carboxylic acid groups (broad SMARTS) is 1. The summed E-state index contributed by atoms with van der Waals surface area (Å²) in [5.74, 6) is -1.60. The summed E-state index contributed by atoms with van der Waals surface area (Å²) in [7, 11) is 0. The third-order valence-electron chi connectivity index (χ3n) is 2.12. The van der Waals surface area contributed by atoms with Gasteiger partial charge in [-0.05, 0) is 18.2 Å². The van der Waals surface area contributed by atoms with E-state index in [9.17, 15) is 9.59 Å². The van der Waals surface area contributed by atoms with Crippen molar-refractivity contribution in [1.29, 1.82) is 0 Å². The first kappa shape index (κ1) is 14.5. The molecule has 96 valence electrons. The van der Waals surface area contributed by atoms with Crippen LogP contribution in [0.2, 0.25) is 10.0 Å². The molecular formula is C12H11Cl2NO3. The van der Waals surface area contributed by atoms with Gasteiger partial charge in [0.25, 0.3) is 5.91 Å². The lowest BCUT2D eigenvalue weighted by atomic mass is 10.2. The number of hydrogen-bond donors (Lipinski definition) is 1. The fraction of sp³-hybridized carbons (Fsp3) is 0.167. The van der Waals surface area contributed by atoms with Gasteiger partial charge in [-0.2, -0.15) is 0 Å². The van der Waals surface area contributed by atoms with Crippen molar-refractivity contribution in [3.8, 4) is 0 Å². The third kappa shape index (κ3) is 3.75. The van der Waals surface area contributed by atoms with E-state index in [0.29, 0.717) is 5.02 Å². The molecule has 0 aliphatic carbocycles. The van der Waals surface area contributed by atoms with Crippen LogP contribution in [0, 0.1) is 0 Å². The standard InChI is InChI=1S/C12H11Cl2NO3/c1-2-5-15(7-11(16)17)12(18)9-6-8(13)3-4-10(9)14/h2-4,6H,1,5,7H2,(H,16,17). The molecule has 0 saturated heterocycles. The van der Waals surface area contributed by atoms with E-state index in [4.69, 9.17) is 28.3 Å². The van der Waals surface area contributed by atoms with Crippen molar-refractivity contribution >= 4 is 35.1 Å². The maximum absolute atomic E-state index is 12.1. The monoisotopic (exact) mass is 287 g/mol. The van der Waals surface area contributed by atoms with E-state index in [1.54, 1.807) is 6.07 Å². The normalized spacial score (nSPS) is 9.89. The first-order valence-corrected chi connectivity index (χ1v) is 5.78. The molecule has 1 rings (SSSR count). The van der Waals surface area contributed by atoms with Crippen molar-refractivity contribution < 1.29 is 14.7 Å². The molecule has 1 aromatic carbocycles. The van der Waals surface area contributed by atoms with Crippen LogP contribution in [0.25, 0.3) is 0 Å². The molecule has 1 aromatic rings. The van der Waals surface area contributed by atoms with Gasteiger partial charge in [-0.15, -0.1) is 6.58 Å². The Morgan fingerprint density at radius 2 is 2.06 bits per heavy atom. The van der Waals surface area contributed by atoms with Crippen molar-refractivity contribution in [2.75, 3.05) is 13.1 Å². The van der Waals surface area contributed by atoms with E-state index in [1.165, 1.54) is 18.2 Å². The zero-order valence-corrected chi connectivity index (χ0v) is 10.9. The molecule has 0 saturated carbocycles. The summed E-state index contributed by atoms with van der Waals surface area (Å²) in [6.45, 7) is 3.17. The summed E-state index contributed by atoms with van der Waals surface area (Å²) < 4.78 is 0. The summed E-state index contributed by atoms with van der Waals surface area (Å²) in [4.78, 5) is 23.9. The van der Waals surface area contributed by atoms with Gasteiger partial charge < -0.3 is 10.0 Å². The van der Waals surface area contributed by atoms with Crippen LogP contribution >= 0.6 is 23.2 Å². The van der Waals surface area contributed by atoms with E-state index in [1.807, 2.05) is 0 Å². The van der Waals surface area contributed by atoms with Gasteiger partial charge in [0.15, 0.2) is 0 Å². The molecule has 0 aromatic heterocycles. The van der Waals surface area contributed by atoms with Crippen LogP contribution in [0.15, 0.2) is 30.9 Å². The zero-order chi connectivity index (χ0) is 13.7. The van der Waals surface area contributed by atoms with Crippen LogP contribution in [0.5, 0.6) is 0 Å². The van der Waals surface area contributed by atoms with Crippen molar-refractivity contribution in [3.63, 3.8) is 0 Å². The lowest BCUT2D eigenvalue weighted by Gasteiger charge is -2.19. The van der Waals surface area contributed by atoms with E-state index < -0.39 is 18.4 Å². The molecule has 0 spiro atoms. The number of aliphatic carboxylic acids is 1. The van der Waals surface area contributed by atoms with Gasteiger partial charge in [-0.3, -0.25) is 9.59 Å².